The summed E-state index contributed by atoms with van der Waals surface area (Å²) in [6, 6.07) is 7.17. The molecular weight excluding hydrogens is 312 g/mol. The molecule has 1 aromatic heterocycles. The number of hydrogen-bond donors (Lipinski definition) is 2. The minimum Gasteiger partial charge on any atom is -0.397 e. The molecule has 3 N–H and O–H groups in total. The molecule has 2 aromatic rings. The second-order valence-corrected chi connectivity index (χ2v) is 7.17. The van der Waals surface area contributed by atoms with Crippen LogP contribution in [0.25, 0.3) is 0 Å². The second-order valence-electron chi connectivity index (χ2n) is 4.52. The summed E-state index contributed by atoms with van der Waals surface area (Å²) in [6.07, 6.45) is 1.05. The molecule has 3 nitrogen and oxygen atoms in total. The highest BCUT2D eigenvalue weighted by atomic mass is 35.5. The molecule has 3 rings (SSSR count). The van der Waals surface area contributed by atoms with E-state index in [-0.39, 0.29) is 5.91 Å². The molecule has 6 heteroatoms. The van der Waals surface area contributed by atoms with E-state index in [0.717, 1.165) is 22.8 Å². The van der Waals surface area contributed by atoms with Crippen LogP contribution < -0.4 is 11.1 Å². The summed E-state index contributed by atoms with van der Waals surface area (Å²) in [5.74, 6) is 1.98. The smallest absolute Gasteiger partial charge is 0.265 e. The fourth-order valence-corrected chi connectivity index (χ4v) is 4.60. The minimum absolute atomic E-state index is 0.144. The number of thiophene rings is 1. The van der Waals surface area contributed by atoms with Crippen LogP contribution in [-0.4, -0.2) is 11.7 Å². The molecule has 1 amide bonds. The van der Waals surface area contributed by atoms with Gasteiger partial charge in [-0.05, 0) is 35.9 Å². The second kappa shape index (κ2) is 5.68. The number of carbonyl (C=O) groups excluding carboxylic acids is 1. The molecular formula is C14H13ClN2OS2. The number of aryl methyl sites for hydroxylation is 1. The first-order valence-corrected chi connectivity index (χ1v) is 8.55. The molecule has 20 heavy (non-hydrogen) atoms. The number of para-hydroxylation sites is 1. The maximum absolute atomic E-state index is 12.3. The van der Waals surface area contributed by atoms with Crippen LogP contribution in [0.15, 0.2) is 24.3 Å². The molecule has 1 aromatic carbocycles. The Morgan fingerprint density at radius 1 is 1.40 bits per heavy atom. The zero-order valence-corrected chi connectivity index (χ0v) is 13.0. The molecule has 0 aliphatic carbocycles. The Bertz CT molecular complexity index is 625. The third-order valence-corrected chi connectivity index (χ3v) is 5.69. The van der Waals surface area contributed by atoms with Crippen LogP contribution in [-0.2, 0) is 12.2 Å². The molecule has 0 fully saturated rings. The fourth-order valence-electron chi connectivity index (χ4n) is 2.11. The van der Waals surface area contributed by atoms with Gasteiger partial charge in [-0.25, -0.2) is 0 Å². The van der Waals surface area contributed by atoms with Gasteiger partial charge in [0.05, 0.1) is 21.3 Å². The Kier molecular flexibility index (Phi) is 3.92. The molecule has 0 spiro atoms. The number of anilines is 2. The van der Waals surface area contributed by atoms with Crippen molar-refractivity contribution >= 4 is 52.0 Å². The van der Waals surface area contributed by atoms with Crippen molar-refractivity contribution in [3.63, 3.8) is 0 Å². The lowest BCUT2D eigenvalue weighted by Gasteiger charge is -2.08. The SMILES string of the molecule is Nc1cccc(Cl)c1NC(=O)c1cc2c(s1)CCSC2. The quantitative estimate of drug-likeness (QED) is 0.820. The number of nitrogen functional groups attached to an aromatic ring is 1. The van der Waals surface area contributed by atoms with Crippen molar-refractivity contribution < 1.29 is 4.79 Å². The molecule has 0 bridgehead atoms. The van der Waals surface area contributed by atoms with Crippen LogP contribution >= 0.6 is 34.7 Å². The number of halogens is 1. The average molecular weight is 325 g/mol. The summed E-state index contributed by atoms with van der Waals surface area (Å²) in [6.45, 7) is 0. The summed E-state index contributed by atoms with van der Waals surface area (Å²) < 4.78 is 0. The number of rotatable bonds is 2. The Morgan fingerprint density at radius 3 is 3.00 bits per heavy atom. The predicted octanol–water partition coefficient (Wildman–Crippen LogP) is 4.03. The monoisotopic (exact) mass is 324 g/mol. The van der Waals surface area contributed by atoms with E-state index in [0.29, 0.717) is 16.4 Å². The molecule has 2 heterocycles. The van der Waals surface area contributed by atoms with Gasteiger partial charge in [0.1, 0.15) is 0 Å². The van der Waals surface area contributed by atoms with Crippen molar-refractivity contribution in [1.29, 1.82) is 0 Å². The van der Waals surface area contributed by atoms with E-state index in [1.54, 1.807) is 29.5 Å². The molecule has 0 saturated heterocycles. The van der Waals surface area contributed by atoms with Crippen molar-refractivity contribution in [2.75, 3.05) is 16.8 Å². The van der Waals surface area contributed by atoms with Gasteiger partial charge < -0.3 is 11.1 Å². The lowest BCUT2D eigenvalue weighted by atomic mass is 10.2. The van der Waals surface area contributed by atoms with Gasteiger partial charge in [0.15, 0.2) is 0 Å². The molecule has 1 aliphatic rings. The first kappa shape index (κ1) is 13.8. The van der Waals surface area contributed by atoms with Gasteiger partial charge in [0.25, 0.3) is 5.91 Å². The van der Waals surface area contributed by atoms with Gasteiger partial charge in [-0.3, -0.25) is 4.79 Å². The average Bonchev–Trinajstić information content (AvgIpc) is 2.87. The van der Waals surface area contributed by atoms with Crippen LogP contribution in [0.4, 0.5) is 11.4 Å². The highest BCUT2D eigenvalue weighted by Crippen LogP contribution is 2.33. The first-order valence-electron chi connectivity index (χ1n) is 6.20. The van der Waals surface area contributed by atoms with Crippen molar-refractivity contribution in [3.8, 4) is 0 Å². The van der Waals surface area contributed by atoms with Crippen LogP contribution in [0.3, 0.4) is 0 Å². The van der Waals surface area contributed by atoms with Crippen molar-refractivity contribution in [2.24, 2.45) is 0 Å². The van der Waals surface area contributed by atoms with Crippen molar-refractivity contribution in [2.45, 2.75) is 12.2 Å². The Balaban J connectivity index is 1.84. The van der Waals surface area contributed by atoms with Gasteiger partial charge in [0, 0.05) is 10.6 Å². The van der Waals surface area contributed by atoms with E-state index in [9.17, 15) is 4.79 Å². The summed E-state index contributed by atoms with van der Waals surface area (Å²) >= 11 is 9.54. The number of carbonyl (C=O) groups is 1. The Labute approximate surface area is 130 Å². The first-order chi connectivity index (χ1) is 9.65. The van der Waals surface area contributed by atoms with E-state index in [4.69, 9.17) is 17.3 Å². The van der Waals surface area contributed by atoms with Gasteiger partial charge >= 0.3 is 0 Å². The van der Waals surface area contributed by atoms with Gasteiger partial charge in [-0.1, -0.05) is 17.7 Å². The molecule has 0 radical (unpaired) electrons. The van der Waals surface area contributed by atoms with Crippen molar-refractivity contribution in [3.05, 3.63) is 44.6 Å². The number of benzene rings is 1. The zero-order chi connectivity index (χ0) is 14.1. The standard InChI is InChI=1S/C14H13ClN2OS2/c15-9-2-1-3-10(16)13(9)17-14(18)12-6-8-7-19-5-4-11(8)20-12/h1-3,6H,4-5,7,16H2,(H,17,18). The lowest BCUT2D eigenvalue weighted by molar-refractivity contribution is 0.103. The van der Waals surface area contributed by atoms with Crippen LogP contribution in [0, 0.1) is 0 Å². The van der Waals surface area contributed by atoms with Gasteiger partial charge in [-0.2, -0.15) is 11.8 Å². The third kappa shape index (κ3) is 2.66. The minimum atomic E-state index is -0.144. The zero-order valence-electron chi connectivity index (χ0n) is 10.6. The number of fused-ring (bicyclic) bond motifs is 1. The van der Waals surface area contributed by atoms with Crippen LogP contribution in [0.5, 0.6) is 0 Å². The topological polar surface area (TPSA) is 55.1 Å². The number of thioether (sulfide) groups is 1. The third-order valence-electron chi connectivity index (χ3n) is 3.14. The normalized spacial score (nSPS) is 13.8. The number of hydrogen-bond acceptors (Lipinski definition) is 4. The molecule has 0 atom stereocenters. The largest absolute Gasteiger partial charge is 0.397 e. The van der Waals surface area contributed by atoms with Crippen LogP contribution in [0.2, 0.25) is 5.02 Å². The maximum atomic E-state index is 12.3. The van der Waals surface area contributed by atoms with Gasteiger partial charge in [-0.15, -0.1) is 11.3 Å². The molecule has 0 unspecified atom stereocenters. The van der Waals surface area contributed by atoms with E-state index >= 15 is 0 Å². The van der Waals surface area contributed by atoms with Gasteiger partial charge in [0.2, 0.25) is 0 Å². The molecule has 104 valence electrons. The summed E-state index contributed by atoms with van der Waals surface area (Å²) in [7, 11) is 0. The van der Waals surface area contributed by atoms with E-state index in [1.165, 1.54) is 10.4 Å². The summed E-state index contributed by atoms with van der Waals surface area (Å²) in [5, 5.41) is 3.27. The fraction of sp³-hybridized carbons (Fsp3) is 0.214. The number of nitrogens with two attached hydrogens (primary N) is 1. The highest BCUT2D eigenvalue weighted by molar-refractivity contribution is 7.98. The number of amides is 1. The van der Waals surface area contributed by atoms with E-state index in [2.05, 4.69) is 5.32 Å². The Hall–Kier alpha value is -1.17. The van der Waals surface area contributed by atoms with E-state index < -0.39 is 0 Å². The predicted molar refractivity (Wildman–Crippen MR) is 88.0 cm³/mol. The van der Waals surface area contributed by atoms with Crippen LogP contribution in [0.1, 0.15) is 20.1 Å². The molecule has 1 aliphatic heterocycles. The summed E-state index contributed by atoms with van der Waals surface area (Å²) in [5.41, 5.74) is 8.09. The maximum Gasteiger partial charge on any atom is 0.265 e. The molecule has 0 saturated carbocycles. The lowest BCUT2D eigenvalue weighted by Crippen LogP contribution is -2.12. The highest BCUT2D eigenvalue weighted by Gasteiger charge is 2.18. The Morgan fingerprint density at radius 2 is 2.25 bits per heavy atom. The summed E-state index contributed by atoms with van der Waals surface area (Å²) in [4.78, 5) is 14.4. The van der Waals surface area contributed by atoms with Crippen molar-refractivity contribution in [1.82, 2.24) is 0 Å². The number of nitrogens with one attached hydrogen (secondary N) is 1. The van der Waals surface area contributed by atoms with E-state index in [1.807, 2.05) is 17.8 Å².